The average molecular weight is 314 g/mol. The summed E-state index contributed by atoms with van der Waals surface area (Å²) in [6.45, 7) is 4.11. The van der Waals surface area contributed by atoms with Crippen molar-refractivity contribution in [2.24, 2.45) is 0 Å². The molecule has 2 aromatic rings. The molecule has 1 unspecified atom stereocenters. The van der Waals surface area contributed by atoms with Gasteiger partial charge in [0.1, 0.15) is 11.8 Å². The van der Waals surface area contributed by atoms with Crippen LogP contribution in [-0.4, -0.2) is 31.0 Å². The van der Waals surface area contributed by atoms with Crippen LogP contribution >= 0.6 is 0 Å². The lowest BCUT2D eigenvalue weighted by Gasteiger charge is -2.14. The first-order valence-electron chi connectivity index (χ1n) is 7.79. The maximum atomic E-state index is 11.9. The fourth-order valence-corrected chi connectivity index (χ4v) is 2.16. The normalized spacial score (nSPS) is 11.7. The highest BCUT2D eigenvalue weighted by Crippen LogP contribution is 2.20. The summed E-state index contributed by atoms with van der Waals surface area (Å²) in [7, 11) is 0. The van der Waals surface area contributed by atoms with Gasteiger partial charge >= 0.3 is 0 Å². The molecule has 2 rings (SSSR count). The molecule has 0 radical (unpaired) electrons. The second-order valence-electron chi connectivity index (χ2n) is 5.38. The van der Waals surface area contributed by atoms with E-state index in [0.29, 0.717) is 12.3 Å². The predicted molar refractivity (Wildman–Crippen MR) is 90.3 cm³/mol. The van der Waals surface area contributed by atoms with Gasteiger partial charge in [-0.05, 0) is 36.2 Å². The highest BCUT2D eigenvalue weighted by molar-refractivity contribution is 5.88. The fraction of sp³-hybridized carbons (Fsp3) is 0.333. The molecular weight excluding hydrogens is 292 g/mol. The summed E-state index contributed by atoms with van der Waals surface area (Å²) >= 11 is 0. The van der Waals surface area contributed by atoms with Crippen molar-refractivity contribution in [3.05, 3.63) is 42.5 Å². The van der Waals surface area contributed by atoms with Gasteiger partial charge in [0.05, 0.1) is 0 Å². The lowest BCUT2D eigenvalue weighted by Crippen LogP contribution is -2.46. The van der Waals surface area contributed by atoms with E-state index in [1.165, 1.54) is 0 Å². The standard InChI is InChI=1S/C18H22N2O3/c1-3-10-19-18(22)13(2)20-17(21)12-23-16-9-8-14-6-4-5-7-15(14)11-16/h4-9,11,13H,3,10,12H2,1-2H3,(H,19,22)(H,20,21). The van der Waals surface area contributed by atoms with Gasteiger partial charge in [-0.3, -0.25) is 9.59 Å². The van der Waals surface area contributed by atoms with Crippen LogP contribution in [0.4, 0.5) is 0 Å². The molecule has 5 heteroatoms. The minimum Gasteiger partial charge on any atom is -0.484 e. The van der Waals surface area contributed by atoms with Gasteiger partial charge in [0.15, 0.2) is 6.61 Å². The topological polar surface area (TPSA) is 67.4 Å². The van der Waals surface area contributed by atoms with Crippen LogP contribution in [0.15, 0.2) is 42.5 Å². The van der Waals surface area contributed by atoms with E-state index in [-0.39, 0.29) is 18.4 Å². The molecule has 5 nitrogen and oxygen atoms in total. The number of hydrogen-bond acceptors (Lipinski definition) is 3. The van der Waals surface area contributed by atoms with Crippen LogP contribution in [0.25, 0.3) is 10.8 Å². The molecule has 2 aromatic carbocycles. The number of benzene rings is 2. The van der Waals surface area contributed by atoms with E-state index in [1.54, 1.807) is 6.92 Å². The Bertz CT molecular complexity index is 685. The van der Waals surface area contributed by atoms with Crippen molar-refractivity contribution < 1.29 is 14.3 Å². The Kier molecular flexibility index (Phi) is 5.97. The van der Waals surface area contributed by atoms with Gasteiger partial charge in [0.25, 0.3) is 5.91 Å². The van der Waals surface area contributed by atoms with Gasteiger partial charge in [-0.2, -0.15) is 0 Å². The molecule has 0 heterocycles. The smallest absolute Gasteiger partial charge is 0.258 e. The van der Waals surface area contributed by atoms with Gasteiger partial charge < -0.3 is 15.4 Å². The fourth-order valence-electron chi connectivity index (χ4n) is 2.16. The Hall–Kier alpha value is -2.56. The minimum atomic E-state index is -0.575. The summed E-state index contributed by atoms with van der Waals surface area (Å²) in [5.41, 5.74) is 0. The summed E-state index contributed by atoms with van der Waals surface area (Å²) in [6.07, 6.45) is 0.859. The van der Waals surface area contributed by atoms with Crippen LogP contribution in [0.2, 0.25) is 0 Å². The number of fused-ring (bicyclic) bond motifs is 1. The third-order valence-corrected chi connectivity index (χ3v) is 3.41. The molecule has 1 atom stereocenters. The lowest BCUT2D eigenvalue weighted by atomic mass is 10.1. The Labute approximate surface area is 136 Å². The van der Waals surface area contributed by atoms with Crippen LogP contribution in [0.1, 0.15) is 20.3 Å². The third kappa shape index (κ3) is 4.98. The molecule has 0 aromatic heterocycles. The summed E-state index contributed by atoms with van der Waals surface area (Å²) < 4.78 is 5.49. The van der Waals surface area contributed by atoms with E-state index < -0.39 is 6.04 Å². The number of amides is 2. The lowest BCUT2D eigenvalue weighted by molar-refractivity contribution is -0.129. The van der Waals surface area contributed by atoms with Crippen LogP contribution in [0, 0.1) is 0 Å². The molecule has 0 saturated carbocycles. The number of rotatable bonds is 7. The van der Waals surface area contributed by atoms with Crippen molar-refractivity contribution in [3.8, 4) is 5.75 Å². The van der Waals surface area contributed by atoms with Crippen molar-refractivity contribution in [2.45, 2.75) is 26.3 Å². The second kappa shape index (κ2) is 8.17. The molecule has 0 aliphatic rings. The van der Waals surface area contributed by atoms with Crippen LogP contribution in [0.5, 0.6) is 5.75 Å². The quantitative estimate of drug-likeness (QED) is 0.823. The van der Waals surface area contributed by atoms with Gasteiger partial charge in [0, 0.05) is 6.54 Å². The molecule has 0 fully saturated rings. The highest BCUT2D eigenvalue weighted by atomic mass is 16.5. The Balaban J connectivity index is 1.84. The van der Waals surface area contributed by atoms with Gasteiger partial charge in [-0.25, -0.2) is 0 Å². The largest absolute Gasteiger partial charge is 0.484 e. The first-order chi connectivity index (χ1) is 11.1. The van der Waals surface area contributed by atoms with Crippen molar-refractivity contribution in [3.63, 3.8) is 0 Å². The van der Waals surface area contributed by atoms with E-state index in [9.17, 15) is 9.59 Å². The number of nitrogens with one attached hydrogen (secondary N) is 2. The first kappa shape index (κ1) is 16.8. The van der Waals surface area contributed by atoms with Crippen LogP contribution in [0.3, 0.4) is 0 Å². The van der Waals surface area contributed by atoms with Gasteiger partial charge in [0.2, 0.25) is 5.91 Å². The second-order valence-corrected chi connectivity index (χ2v) is 5.38. The van der Waals surface area contributed by atoms with E-state index in [2.05, 4.69) is 10.6 Å². The predicted octanol–water partition coefficient (Wildman–Crippen LogP) is 2.25. The van der Waals surface area contributed by atoms with E-state index in [1.807, 2.05) is 49.4 Å². The van der Waals surface area contributed by atoms with E-state index >= 15 is 0 Å². The van der Waals surface area contributed by atoms with Crippen LogP contribution < -0.4 is 15.4 Å². The maximum Gasteiger partial charge on any atom is 0.258 e. The molecular formula is C18H22N2O3. The molecule has 0 saturated heterocycles. The Morgan fingerprint density at radius 2 is 1.87 bits per heavy atom. The number of carbonyl (C=O) groups is 2. The summed E-state index contributed by atoms with van der Waals surface area (Å²) in [5.74, 6) is 0.116. The monoisotopic (exact) mass is 314 g/mol. The molecule has 2 amide bonds. The molecule has 23 heavy (non-hydrogen) atoms. The van der Waals surface area contributed by atoms with Crippen molar-refractivity contribution >= 4 is 22.6 Å². The average Bonchev–Trinajstić information content (AvgIpc) is 2.57. The summed E-state index contributed by atoms with van der Waals surface area (Å²) in [6, 6.07) is 13.0. The summed E-state index contributed by atoms with van der Waals surface area (Å²) in [5, 5.41) is 7.53. The highest BCUT2D eigenvalue weighted by Gasteiger charge is 2.15. The van der Waals surface area contributed by atoms with Crippen molar-refractivity contribution in [2.75, 3.05) is 13.2 Å². The first-order valence-corrected chi connectivity index (χ1v) is 7.79. The van der Waals surface area contributed by atoms with Gasteiger partial charge in [-0.15, -0.1) is 0 Å². The van der Waals surface area contributed by atoms with Crippen molar-refractivity contribution in [1.82, 2.24) is 10.6 Å². The Morgan fingerprint density at radius 1 is 1.13 bits per heavy atom. The number of carbonyl (C=O) groups excluding carboxylic acids is 2. The SMILES string of the molecule is CCCNC(=O)C(C)NC(=O)COc1ccc2ccccc2c1. The van der Waals surface area contributed by atoms with Crippen molar-refractivity contribution in [1.29, 1.82) is 0 Å². The minimum absolute atomic E-state index is 0.121. The van der Waals surface area contributed by atoms with E-state index in [4.69, 9.17) is 4.74 Å². The molecule has 0 aliphatic heterocycles. The summed E-state index contributed by atoms with van der Waals surface area (Å²) in [4.78, 5) is 23.5. The third-order valence-electron chi connectivity index (χ3n) is 3.41. The van der Waals surface area contributed by atoms with Crippen LogP contribution in [-0.2, 0) is 9.59 Å². The Morgan fingerprint density at radius 3 is 2.61 bits per heavy atom. The van der Waals surface area contributed by atoms with E-state index in [0.717, 1.165) is 17.2 Å². The number of hydrogen-bond donors (Lipinski definition) is 2. The zero-order valence-electron chi connectivity index (χ0n) is 13.5. The molecule has 0 spiro atoms. The number of ether oxygens (including phenoxy) is 1. The zero-order valence-corrected chi connectivity index (χ0v) is 13.5. The maximum absolute atomic E-state index is 11.9. The van der Waals surface area contributed by atoms with Gasteiger partial charge in [-0.1, -0.05) is 37.3 Å². The zero-order chi connectivity index (χ0) is 16.7. The molecule has 0 bridgehead atoms. The molecule has 2 N–H and O–H groups in total. The molecule has 122 valence electrons. The molecule has 0 aliphatic carbocycles.